The summed E-state index contributed by atoms with van der Waals surface area (Å²) in [5.41, 5.74) is -0.871. The Bertz CT molecular complexity index is 947. The van der Waals surface area contributed by atoms with Gasteiger partial charge < -0.3 is 9.64 Å². The number of rotatable bonds is 2. The van der Waals surface area contributed by atoms with Gasteiger partial charge in [0.25, 0.3) is 11.8 Å². The smallest absolute Gasteiger partial charge is 0.332 e. The van der Waals surface area contributed by atoms with Gasteiger partial charge in [0.15, 0.2) is 11.4 Å². The van der Waals surface area contributed by atoms with Crippen molar-refractivity contribution in [1.82, 2.24) is 4.90 Å². The summed E-state index contributed by atoms with van der Waals surface area (Å²) in [5.74, 6) is 2.37. The zero-order chi connectivity index (χ0) is 19.6. The van der Waals surface area contributed by atoms with Gasteiger partial charge in [0, 0.05) is 37.0 Å². The summed E-state index contributed by atoms with van der Waals surface area (Å²) in [4.78, 5) is 42.0. The molecule has 3 aliphatic heterocycles. The Morgan fingerprint density at radius 1 is 1.29 bits per heavy atom. The van der Waals surface area contributed by atoms with Crippen LogP contribution in [-0.2, 0) is 9.59 Å². The first-order valence-corrected chi connectivity index (χ1v) is 10.1. The molecule has 1 saturated carbocycles. The lowest BCUT2D eigenvalue weighted by Gasteiger charge is -2.34. The number of ether oxygens (including phenoxy) is 1. The number of hydrogen-bond donors (Lipinski definition) is 0. The first kappa shape index (κ1) is 17.4. The van der Waals surface area contributed by atoms with Crippen molar-refractivity contribution in [2.75, 3.05) is 34.4 Å². The summed E-state index contributed by atoms with van der Waals surface area (Å²) in [6.45, 7) is 0.436. The molecule has 0 radical (unpaired) electrons. The maximum Gasteiger partial charge on any atom is 0.332 e. The van der Waals surface area contributed by atoms with Crippen LogP contribution in [0.15, 0.2) is 12.1 Å². The van der Waals surface area contributed by atoms with Crippen molar-refractivity contribution in [3.63, 3.8) is 0 Å². The maximum absolute atomic E-state index is 14.9. The molecule has 3 fully saturated rings. The minimum absolute atomic E-state index is 0.00466. The number of urea groups is 1. The summed E-state index contributed by atoms with van der Waals surface area (Å²) >= 11 is 1.59. The van der Waals surface area contributed by atoms with E-state index in [-0.39, 0.29) is 29.6 Å². The normalized spacial score (nSPS) is 24.8. The van der Waals surface area contributed by atoms with Crippen LogP contribution in [0.3, 0.4) is 0 Å². The SMILES string of the molecule is C#CCN1C(=O)C2(CC2)Oc2cc(F)c(N3C(=O)C4CSCCN4C3=O)cc21. The van der Waals surface area contributed by atoms with E-state index >= 15 is 0 Å². The van der Waals surface area contributed by atoms with E-state index in [1.165, 1.54) is 15.9 Å². The molecule has 0 N–H and O–H groups in total. The monoisotopic (exact) mass is 401 g/mol. The molecular weight excluding hydrogens is 385 g/mol. The van der Waals surface area contributed by atoms with Gasteiger partial charge in [-0.05, 0) is 6.07 Å². The van der Waals surface area contributed by atoms with Crippen LogP contribution in [0.2, 0.25) is 0 Å². The van der Waals surface area contributed by atoms with Crippen LogP contribution in [0.25, 0.3) is 0 Å². The van der Waals surface area contributed by atoms with Crippen molar-refractivity contribution >= 4 is 41.0 Å². The van der Waals surface area contributed by atoms with Crippen LogP contribution in [0.4, 0.5) is 20.6 Å². The Morgan fingerprint density at radius 2 is 2.07 bits per heavy atom. The van der Waals surface area contributed by atoms with E-state index in [4.69, 9.17) is 11.2 Å². The molecule has 1 aromatic rings. The Morgan fingerprint density at radius 3 is 2.75 bits per heavy atom. The summed E-state index contributed by atoms with van der Waals surface area (Å²) < 4.78 is 20.7. The number of halogens is 1. The fourth-order valence-electron chi connectivity index (χ4n) is 3.91. The molecule has 144 valence electrons. The molecule has 1 spiro atoms. The predicted octanol–water partition coefficient (Wildman–Crippen LogP) is 1.60. The molecule has 0 bridgehead atoms. The van der Waals surface area contributed by atoms with Crippen molar-refractivity contribution < 1.29 is 23.5 Å². The number of benzene rings is 1. The fourth-order valence-corrected chi connectivity index (χ4v) is 4.95. The first-order valence-electron chi connectivity index (χ1n) is 8.97. The van der Waals surface area contributed by atoms with Gasteiger partial charge in [-0.2, -0.15) is 11.8 Å². The third-order valence-electron chi connectivity index (χ3n) is 5.52. The third kappa shape index (κ3) is 2.27. The van der Waals surface area contributed by atoms with Gasteiger partial charge in [0.1, 0.15) is 11.8 Å². The largest absolute Gasteiger partial charge is 0.475 e. The number of hydrogen-bond acceptors (Lipinski definition) is 5. The molecule has 1 atom stereocenters. The molecule has 9 heteroatoms. The highest BCUT2D eigenvalue weighted by Gasteiger charge is 2.58. The second-order valence-electron chi connectivity index (χ2n) is 7.20. The van der Waals surface area contributed by atoms with Crippen LogP contribution in [0, 0.1) is 18.2 Å². The molecular formula is C19H16FN3O4S. The van der Waals surface area contributed by atoms with Crippen LogP contribution >= 0.6 is 11.8 Å². The summed E-state index contributed by atoms with van der Waals surface area (Å²) in [6, 6.07) is 1.32. The van der Waals surface area contributed by atoms with Crippen LogP contribution in [-0.4, -0.2) is 59.0 Å². The molecule has 4 amide bonds. The maximum atomic E-state index is 14.9. The summed E-state index contributed by atoms with van der Waals surface area (Å²) in [7, 11) is 0. The zero-order valence-corrected chi connectivity index (χ0v) is 15.6. The van der Waals surface area contributed by atoms with Gasteiger partial charge in [-0.15, -0.1) is 6.42 Å². The van der Waals surface area contributed by atoms with Crippen molar-refractivity contribution in [1.29, 1.82) is 0 Å². The van der Waals surface area contributed by atoms with Crippen LogP contribution < -0.4 is 14.5 Å². The molecule has 1 aliphatic carbocycles. The first-order chi connectivity index (χ1) is 13.5. The number of amides is 4. The van der Waals surface area contributed by atoms with Gasteiger partial charge >= 0.3 is 6.03 Å². The van der Waals surface area contributed by atoms with Gasteiger partial charge in [-0.3, -0.25) is 14.5 Å². The number of terminal acetylenes is 1. The average molecular weight is 401 g/mol. The number of nitrogens with zero attached hydrogens (tertiary/aromatic N) is 3. The minimum atomic E-state index is -0.963. The molecule has 4 aliphatic rings. The molecule has 5 rings (SSSR count). The Labute approximate surface area is 164 Å². The highest BCUT2D eigenvalue weighted by molar-refractivity contribution is 7.99. The molecule has 1 aromatic carbocycles. The molecule has 2 saturated heterocycles. The van der Waals surface area contributed by atoms with Crippen LogP contribution in [0.5, 0.6) is 5.75 Å². The molecule has 28 heavy (non-hydrogen) atoms. The van der Waals surface area contributed by atoms with Crippen molar-refractivity contribution in [3.8, 4) is 18.1 Å². The number of imide groups is 1. The van der Waals surface area contributed by atoms with E-state index in [9.17, 15) is 18.8 Å². The lowest BCUT2D eigenvalue weighted by molar-refractivity contribution is -0.128. The molecule has 3 heterocycles. The highest BCUT2D eigenvalue weighted by atomic mass is 32.2. The zero-order valence-electron chi connectivity index (χ0n) is 14.8. The standard InChI is InChI=1S/C19H16FN3O4S/c1-2-5-21-13-9-12(11(20)8-15(13)27-19(3-4-19)17(21)25)23-16(24)14-10-28-7-6-22(14)18(23)26/h1,8-9,14H,3-7,10H2. The van der Waals surface area contributed by atoms with Gasteiger partial charge in [0.2, 0.25) is 0 Å². The second-order valence-corrected chi connectivity index (χ2v) is 8.35. The number of carbonyl (C=O) groups is 3. The van der Waals surface area contributed by atoms with Crippen molar-refractivity contribution in [3.05, 3.63) is 17.9 Å². The van der Waals surface area contributed by atoms with E-state index in [0.29, 0.717) is 25.1 Å². The molecule has 0 aromatic heterocycles. The third-order valence-corrected chi connectivity index (χ3v) is 6.55. The number of anilines is 2. The van der Waals surface area contributed by atoms with Crippen molar-refractivity contribution in [2.24, 2.45) is 0 Å². The topological polar surface area (TPSA) is 70.2 Å². The Hall–Kier alpha value is -2.73. The quantitative estimate of drug-likeness (QED) is 0.556. The van der Waals surface area contributed by atoms with E-state index < -0.39 is 29.4 Å². The average Bonchev–Trinajstić information content (AvgIpc) is 3.41. The summed E-state index contributed by atoms with van der Waals surface area (Å²) in [5, 5.41) is 0. The Kier molecular flexibility index (Phi) is 3.65. The van der Waals surface area contributed by atoms with Gasteiger partial charge in [-0.1, -0.05) is 5.92 Å². The molecule has 1 unspecified atom stereocenters. The fraction of sp³-hybridized carbons (Fsp3) is 0.421. The highest BCUT2D eigenvalue weighted by Crippen LogP contribution is 2.50. The summed E-state index contributed by atoms with van der Waals surface area (Å²) in [6.07, 6.45) is 6.51. The lowest BCUT2D eigenvalue weighted by atomic mass is 10.1. The lowest BCUT2D eigenvalue weighted by Crippen LogP contribution is -2.48. The van der Waals surface area contributed by atoms with Crippen LogP contribution in [0.1, 0.15) is 12.8 Å². The van der Waals surface area contributed by atoms with E-state index in [2.05, 4.69) is 5.92 Å². The van der Waals surface area contributed by atoms with E-state index in [1.54, 1.807) is 11.8 Å². The van der Waals surface area contributed by atoms with Gasteiger partial charge in [-0.25, -0.2) is 14.1 Å². The Balaban J connectivity index is 1.59. The minimum Gasteiger partial charge on any atom is -0.475 e. The van der Waals surface area contributed by atoms with E-state index in [0.717, 1.165) is 16.7 Å². The van der Waals surface area contributed by atoms with Crippen molar-refractivity contribution in [2.45, 2.75) is 24.5 Å². The van der Waals surface area contributed by atoms with Gasteiger partial charge in [0.05, 0.1) is 17.9 Å². The molecule has 7 nitrogen and oxygen atoms in total. The number of thioether (sulfide) groups is 1. The predicted molar refractivity (Wildman–Crippen MR) is 101 cm³/mol. The number of fused-ring (bicyclic) bond motifs is 2. The number of carbonyl (C=O) groups excluding carboxylic acids is 3. The second kappa shape index (κ2) is 5.88. The van der Waals surface area contributed by atoms with E-state index in [1.807, 2.05) is 0 Å².